The van der Waals surface area contributed by atoms with Gasteiger partial charge in [0.15, 0.2) is 26.1 Å². The fourth-order valence-corrected chi connectivity index (χ4v) is 5.42. The maximum Gasteiger partial charge on any atom is 0.263 e. The number of amides is 1. The molecule has 0 N–H and O–H groups in total. The number of carbonyl (C=O) groups is 1. The third-order valence-electron chi connectivity index (χ3n) is 4.29. The topological polar surface area (TPSA) is 87.0 Å². The number of fused-ring (bicyclic) bond motifs is 2. The summed E-state index contributed by atoms with van der Waals surface area (Å²) < 4.78 is 38.3. The van der Waals surface area contributed by atoms with Crippen LogP contribution in [0.1, 0.15) is 12.5 Å². The largest absolute Gasteiger partial charge is 0.454 e. The van der Waals surface area contributed by atoms with E-state index in [1.54, 1.807) is 24.3 Å². The average molecular weight is 418 g/mol. The van der Waals surface area contributed by atoms with Crippen molar-refractivity contribution in [2.24, 2.45) is 4.99 Å². The minimum Gasteiger partial charge on any atom is -0.454 e. The van der Waals surface area contributed by atoms with Gasteiger partial charge in [-0.1, -0.05) is 41.7 Å². The molecule has 2 heterocycles. The number of aryl methyl sites for hydroxylation is 1. The Kier molecular flexibility index (Phi) is 4.94. The molecule has 0 atom stereocenters. The molecule has 0 saturated carbocycles. The molecule has 28 heavy (non-hydrogen) atoms. The van der Waals surface area contributed by atoms with Crippen molar-refractivity contribution in [1.82, 2.24) is 4.57 Å². The van der Waals surface area contributed by atoms with E-state index in [-0.39, 0.29) is 12.5 Å². The first-order chi connectivity index (χ1) is 13.4. The predicted molar refractivity (Wildman–Crippen MR) is 106 cm³/mol. The Labute approximate surface area is 165 Å². The second-order valence-corrected chi connectivity index (χ2v) is 9.40. The molecular weight excluding hydrogens is 400 g/mol. The zero-order valence-electron chi connectivity index (χ0n) is 15.1. The molecule has 4 rings (SSSR count). The number of thiazole rings is 1. The highest BCUT2D eigenvalue weighted by Gasteiger charge is 2.19. The number of carbonyl (C=O) groups excluding carboxylic acids is 1. The first-order valence-electron chi connectivity index (χ1n) is 8.70. The quantitative estimate of drug-likeness (QED) is 0.635. The molecule has 0 unspecified atom stereocenters. The summed E-state index contributed by atoms with van der Waals surface area (Å²) in [5.41, 5.74) is 1.52. The van der Waals surface area contributed by atoms with E-state index < -0.39 is 21.5 Å². The molecule has 3 aromatic rings. The molecule has 1 aliphatic rings. The van der Waals surface area contributed by atoms with E-state index in [9.17, 15) is 13.2 Å². The summed E-state index contributed by atoms with van der Waals surface area (Å²) in [5, 5.41) is 0. The van der Waals surface area contributed by atoms with E-state index in [0.29, 0.717) is 28.4 Å². The number of ether oxygens (including phenoxy) is 2. The molecule has 0 fully saturated rings. The molecule has 1 aliphatic heterocycles. The fourth-order valence-electron chi connectivity index (χ4n) is 3.06. The van der Waals surface area contributed by atoms with E-state index in [1.807, 2.05) is 29.7 Å². The van der Waals surface area contributed by atoms with Crippen LogP contribution in [0.2, 0.25) is 0 Å². The van der Waals surface area contributed by atoms with Crippen LogP contribution < -0.4 is 14.3 Å². The summed E-state index contributed by atoms with van der Waals surface area (Å²) in [6.45, 7) is 2.71. The van der Waals surface area contributed by atoms with Crippen molar-refractivity contribution in [1.29, 1.82) is 0 Å². The number of nitrogens with zero attached hydrogens (tertiary/aromatic N) is 2. The van der Waals surface area contributed by atoms with Gasteiger partial charge in [-0.15, -0.1) is 0 Å². The van der Waals surface area contributed by atoms with E-state index in [2.05, 4.69) is 4.99 Å². The summed E-state index contributed by atoms with van der Waals surface area (Å²) in [4.78, 5) is 16.9. The van der Waals surface area contributed by atoms with Gasteiger partial charge in [0.2, 0.25) is 6.79 Å². The van der Waals surface area contributed by atoms with Gasteiger partial charge < -0.3 is 14.0 Å². The van der Waals surface area contributed by atoms with Crippen LogP contribution in [-0.2, 0) is 26.9 Å². The molecule has 0 spiro atoms. The zero-order valence-corrected chi connectivity index (χ0v) is 16.8. The molecule has 0 aliphatic carbocycles. The third kappa shape index (κ3) is 3.81. The maximum atomic E-state index is 12.4. The first kappa shape index (κ1) is 18.7. The minimum atomic E-state index is -3.60. The third-order valence-corrected chi connectivity index (χ3v) is 6.79. The van der Waals surface area contributed by atoms with Crippen LogP contribution in [0.4, 0.5) is 0 Å². The average Bonchev–Trinajstić information content (AvgIpc) is 3.22. The smallest absolute Gasteiger partial charge is 0.263 e. The molecule has 0 radical (unpaired) electrons. The Balaban J connectivity index is 1.63. The van der Waals surface area contributed by atoms with Gasteiger partial charge in [0.05, 0.1) is 16.0 Å². The van der Waals surface area contributed by atoms with Crippen molar-refractivity contribution in [3.05, 3.63) is 52.8 Å². The molecule has 1 aromatic heterocycles. The van der Waals surface area contributed by atoms with E-state index >= 15 is 0 Å². The van der Waals surface area contributed by atoms with Gasteiger partial charge in [0.25, 0.3) is 5.91 Å². The molecule has 2 aromatic carbocycles. The van der Waals surface area contributed by atoms with E-state index in [0.717, 1.165) is 10.2 Å². The monoisotopic (exact) mass is 418 g/mol. The van der Waals surface area contributed by atoms with Crippen LogP contribution in [0.15, 0.2) is 47.5 Å². The van der Waals surface area contributed by atoms with Gasteiger partial charge in [-0.05, 0) is 12.5 Å². The van der Waals surface area contributed by atoms with Gasteiger partial charge in [-0.25, -0.2) is 8.42 Å². The molecule has 146 valence electrons. The van der Waals surface area contributed by atoms with Crippen molar-refractivity contribution >= 4 is 37.3 Å². The lowest BCUT2D eigenvalue weighted by Gasteiger charge is -2.03. The molecule has 9 heteroatoms. The van der Waals surface area contributed by atoms with Gasteiger partial charge in [0.1, 0.15) is 5.75 Å². The lowest BCUT2D eigenvalue weighted by molar-refractivity contribution is -0.115. The van der Waals surface area contributed by atoms with Crippen LogP contribution in [0.25, 0.3) is 10.2 Å². The van der Waals surface area contributed by atoms with Gasteiger partial charge in [0, 0.05) is 18.7 Å². The molecule has 1 amide bonds. The summed E-state index contributed by atoms with van der Waals surface area (Å²) in [6.07, 6.45) is 0. The Hall–Kier alpha value is -2.65. The minimum absolute atomic E-state index is 0.184. The lowest BCUT2D eigenvalue weighted by Crippen LogP contribution is -2.21. The van der Waals surface area contributed by atoms with E-state index in [4.69, 9.17) is 9.47 Å². The number of rotatable bonds is 5. The zero-order chi connectivity index (χ0) is 19.7. The number of benzene rings is 2. The highest BCUT2D eigenvalue weighted by molar-refractivity contribution is 7.91. The second-order valence-electron chi connectivity index (χ2n) is 6.33. The predicted octanol–water partition coefficient (Wildman–Crippen LogP) is 2.49. The van der Waals surface area contributed by atoms with Gasteiger partial charge in [-0.3, -0.25) is 4.79 Å². The summed E-state index contributed by atoms with van der Waals surface area (Å²) >= 11 is 1.32. The van der Waals surface area contributed by atoms with Crippen LogP contribution in [0.3, 0.4) is 0 Å². The van der Waals surface area contributed by atoms with Crippen LogP contribution in [-0.4, -0.2) is 31.4 Å². The van der Waals surface area contributed by atoms with Crippen molar-refractivity contribution < 1.29 is 22.7 Å². The maximum absolute atomic E-state index is 12.4. The number of hydrogen-bond donors (Lipinski definition) is 0. The summed E-state index contributed by atoms with van der Waals surface area (Å²) in [6, 6.07) is 12.5. The second kappa shape index (κ2) is 7.40. The Bertz CT molecular complexity index is 1210. The Morgan fingerprint density at radius 1 is 1.18 bits per heavy atom. The molecule has 7 nitrogen and oxygen atoms in total. The highest BCUT2D eigenvalue weighted by Crippen LogP contribution is 2.36. The number of hydrogen-bond acceptors (Lipinski definition) is 6. The van der Waals surface area contributed by atoms with Crippen LogP contribution >= 0.6 is 11.3 Å². The Morgan fingerprint density at radius 3 is 2.61 bits per heavy atom. The first-order valence-corrected chi connectivity index (χ1v) is 11.3. The molecule has 0 bridgehead atoms. The Morgan fingerprint density at radius 2 is 1.89 bits per heavy atom. The molecule has 0 saturated heterocycles. The van der Waals surface area contributed by atoms with E-state index in [1.165, 1.54) is 11.3 Å². The standard InChI is InChI=1S/C19H18N2O5S2/c1-2-21-14-8-15-16(26-12-25-15)9-17(14)27-19(21)20-18(22)11-28(23,24)10-13-6-4-3-5-7-13/h3-9H,2,10-12H2,1H3. The number of aromatic nitrogens is 1. The van der Waals surface area contributed by atoms with Crippen molar-refractivity contribution in [2.75, 3.05) is 12.5 Å². The normalized spacial score (nSPS) is 14.0. The molecular formula is C19H18N2O5S2. The van der Waals surface area contributed by atoms with Gasteiger partial charge >= 0.3 is 0 Å². The van der Waals surface area contributed by atoms with Crippen LogP contribution in [0.5, 0.6) is 11.5 Å². The number of sulfone groups is 1. The SMILES string of the molecule is CCn1c(=NC(=O)CS(=O)(=O)Cc2ccccc2)sc2cc3c(cc21)OCO3. The summed E-state index contributed by atoms with van der Waals surface area (Å²) in [7, 11) is -3.60. The van der Waals surface area contributed by atoms with Gasteiger partial charge in [-0.2, -0.15) is 4.99 Å². The van der Waals surface area contributed by atoms with Crippen molar-refractivity contribution in [3.63, 3.8) is 0 Å². The summed E-state index contributed by atoms with van der Waals surface area (Å²) in [5.74, 6) is -0.180. The van der Waals surface area contributed by atoms with Crippen molar-refractivity contribution in [3.8, 4) is 11.5 Å². The van der Waals surface area contributed by atoms with Crippen LogP contribution in [0, 0.1) is 0 Å². The lowest BCUT2D eigenvalue weighted by atomic mass is 10.2. The van der Waals surface area contributed by atoms with Crippen molar-refractivity contribution in [2.45, 2.75) is 19.2 Å². The highest BCUT2D eigenvalue weighted by atomic mass is 32.2. The fraction of sp³-hybridized carbons (Fsp3) is 0.263.